The summed E-state index contributed by atoms with van der Waals surface area (Å²) in [6, 6.07) is 9.52. The number of thioether (sulfide) groups is 1. The predicted molar refractivity (Wildman–Crippen MR) is 118 cm³/mol. The topological polar surface area (TPSA) is 115 Å². The van der Waals surface area contributed by atoms with E-state index in [1.54, 1.807) is 37.3 Å². The molecule has 0 saturated heterocycles. The lowest BCUT2D eigenvalue weighted by Gasteiger charge is -2.20. The second-order valence-electron chi connectivity index (χ2n) is 7.15. The van der Waals surface area contributed by atoms with Crippen molar-refractivity contribution in [1.82, 2.24) is 10.2 Å². The van der Waals surface area contributed by atoms with Gasteiger partial charge in [-0.15, -0.1) is 10.2 Å². The number of aromatic nitrogens is 2. The molecule has 1 heterocycles. The number of esters is 1. The molecule has 3 rings (SSSR count). The number of carbonyl (C=O) groups excluding carboxylic acids is 2. The van der Waals surface area contributed by atoms with Crippen molar-refractivity contribution in [1.29, 1.82) is 0 Å². The number of hydrogen-bond donors (Lipinski definition) is 1. The summed E-state index contributed by atoms with van der Waals surface area (Å²) in [5.74, 6) is -0.675. The standard InChI is InChI=1S/C21H25N3O5S2/c1-2-29-21(26)15-7-6-8-16(13-15)22-18(25)14-30-19-11-12-20(24-23-19)31(27,28)17-9-4-3-5-10-17/h6-8,11-13,17H,2-5,9-10,14H2,1H3,(H,22,25). The van der Waals surface area contributed by atoms with Crippen LogP contribution in [0.25, 0.3) is 0 Å². The largest absolute Gasteiger partial charge is 0.462 e. The quantitative estimate of drug-likeness (QED) is 0.467. The Bertz CT molecular complexity index is 1020. The van der Waals surface area contributed by atoms with Gasteiger partial charge in [0.15, 0.2) is 14.9 Å². The first-order valence-electron chi connectivity index (χ1n) is 10.2. The maximum Gasteiger partial charge on any atom is 0.338 e. The maximum atomic E-state index is 12.7. The van der Waals surface area contributed by atoms with Crippen molar-refractivity contribution in [3.8, 4) is 0 Å². The summed E-state index contributed by atoms with van der Waals surface area (Å²) >= 11 is 1.15. The van der Waals surface area contributed by atoms with Gasteiger partial charge in [-0.25, -0.2) is 13.2 Å². The average Bonchev–Trinajstić information content (AvgIpc) is 2.79. The molecule has 1 fully saturated rings. The highest BCUT2D eigenvalue weighted by Gasteiger charge is 2.30. The van der Waals surface area contributed by atoms with E-state index < -0.39 is 15.8 Å². The lowest BCUT2D eigenvalue weighted by atomic mass is 10.0. The van der Waals surface area contributed by atoms with Crippen molar-refractivity contribution in [2.45, 2.75) is 54.3 Å². The van der Waals surface area contributed by atoms with Gasteiger partial charge in [-0.05, 0) is 50.1 Å². The fourth-order valence-electron chi connectivity index (χ4n) is 3.36. The number of nitrogens with zero attached hydrogens (tertiary/aromatic N) is 2. The van der Waals surface area contributed by atoms with E-state index in [1.165, 1.54) is 6.07 Å². The third-order valence-corrected chi connectivity index (χ3v) is 7.98. The van der Waals surface area contributed by atoms with E-state index in [-0.39, 0.29) is 28.5 Å². The Kier molecular flexibility index (Phi) is 8.03. The number of anilines is 1. The molecule has 1 aliphatic carbocycles. The monoisotopic (exact) mass is 463 g/mol. The molecule has 1 aromatic carbocycles. The molecule has 2 aromatic rings. The molecule has 0 unspecified atom stereocenters. The Morgan fingerprint density at radius 3 is 2.58 bits per heavy atom. The molecule has 1 saturated carbocycles. The van der Waals surface area contributed by atoms with E-state index >= 15 is 0 Å². The van der Waals surface area contributed by atoms with Crippen LogP contribution in [-0.4, -0.2) is 48.1 Å². The molecule has 8 nitrogen and oxygen atoms in total. The molecule has 31 heavy (non-hydrogen) atoms. The van der Waals surface area contributed by atoms with Gasteiger partial charge < -0.3 is 10.1 Å². The van der Waals surface area contributed by atoms with Crippen LogP contribution in [0.5, 0.6) is 0 Å². The Hall–Kier alpha value is -2.46. The van der Waals surface area contributed by atoms with Crippen molar-refractivity contribution < 1.29 is 22.7 Å². The highest BCUT2D eigenvalue weighted by Crippen LogP contribution is 2.28. The van der Waals surface area contributed by atoms with Crippen molar-refractivity contribution >= 4 is 39.2 Å². The fourth-order valence-corrected chi connectivity index (χ4v) is 5.68. The number of carbonyl (C=O) groups is 2. The van der Waals surface area contributed by atoms with Crippen LogP contribution >= 0.6 is 11.8 Å². The van der Waals surface area contributed by atoms with Gasteiger partial charge in [0.2, 0.25) is 5.91 Å². The Morgan fingerprint density at radius 1 is 1.13 bits per heavy atom. The van der Waals surface area contributed by atoms with Crippen LogP contribution in [0.3, 0.4) is 0 Å². The van der Waals surface area contributed by atoms with Gasteiger partial charge in [0, 0.05) is 5.69 Å². The first-order valence-corrected chi connectivity index (χ1v) is 12.7. The Morgan fingerprint density at radius 2 is 1.90 bits per heavy atom. The smallest absolute Gasteiger partial charge is 0.338 e. The van der Waals surface area contributed by atoms with Crippen LogP contribution < -0.4 is 5.32 Å². The van der Waals surface area contributed by atoms with Crippen LogP contribution in [-0.2, 0) is 19.4 Å². The van der Waals surface area contributed by atoms with Crippen LogP contribution in [0.1, 0.15) is 49.4 Å². The van der Waals surface area contributed by atoms with Gasteiger partial charge in [0.25, 0.3) is 0 Å². The van der Waals surface area contributed by atoms with Crippen LogP contribution in [0.2, 0.25) is 0 Å². The zero-order valence-electron chi connectivity index (χ0n) is 17.2. The van der Waals surface area contributed by atoms with Crippen molar-refractivity contribution in [3.05, 3.63) is 42.0 Å². The van der Waals surface area contributed by atoms with Crippen LogP contribution in [0.15, 0.2) is 46.5 Å². The lowest BCUT2D eigenvalue weighted by molar-refractivity contribution is -0.113. The summed E-state index contributed by atoms with van der Waals surface area (Å²) in [5.41, 5.74) is 0.837. The normalized spacial score (nSPS) is 14.7. The van der Waals surface area contributed by atoms with Crippen molar-refractivity contribution in [2.75, 3.05) is 17.7 Å². The molecule has 1 amide bonds. The molecule has 10 heteroatoms. The number of ether oxygens (including phenoxy) is 1. The zero-order valence-corrected chi connectivity index (χ0v) is 18.9. The third-order valence-electron chi connectivity index (χ3n) is 4.91. The summed E-state index contributed by atoms with van der Waals surface area (Å²) in [6.07, 6.45) is 4.24. The number of rotatable bonds is 8. The molecule has 1 aromatic heterocycles. The van der Waals surface area contributed by atoms with E-state index in [1.807, 2.05) is 0 Å². The molecule has 1 N–H and O–H groups in total. The summed E-state index contributed by atoms with van der Waals surface area (Å²) in [4.78, 5) is 24.0. The second kappa shape index (κ2) is 10.7. The minimum Gasteiger partial charge on any atom is -0.462 e. The van der Waals surface area contributed by atoms with Gasteiger partial charge >= 0.3 is 5.97 Å². The summed E-state index contributed by atoms with van der Waals surface area (Å²) in [5, 5.41) is 10.6. The second-order valence-corrected chi connectivity index (χ2v) is 10.3. The highest BCUT2D eigenvalue weighted by molar-refractivity contribution is 7.99. The average molecular weight is 464 g/mol. The number of hydrogen-bond acceptors (Lipinski definition) is 8. The van der Waals surface area contributed by atoms with Crippen molar-refractivity contribution in [2.24, 2.45) is 0 Å². The van der Waals surface area contributed by atoms with E-state index in [0.717, 1.165) is 31.0 Å². The fraction of sp³-hybridized carbons (Fsp3) is 0.429. The SMILES string of the molecule is CCOC(=O)c1cccc(NC(=O)CSc2ccc(S(=O)(=O)C3CCCCC3)nn2)c1. The lowest BCUT2D eigenvalue weighted by Crippen LogP contribution is -2.25. The van der Waals surface area contributed by atoms with Gasteiger partial charge in [0.1, 0.15) is 5.03 Å². The van der Waals surface area contributed by atoms with E-state index in [9.17, 15) is 18.0 Å². The molecule has 0 radical (unpaired) electrons. The summed E-state index contributed by atoms with van der Waals surface area (Å²) in [7, 11) is -3.47. The predicted octanol–water partition coefficient (Wildman–Crippen LogP) is 3.49. The van der Waals surface area contributed by atoms with Gasteiger partial charge in [-0.3, -0.25) is 4.79 Å². The molecule has 1 aliphatic rings. The number of benzene rings is 1. The molecule has 0 aliphatic heterocycles. The van der Waals surface area contributed by atoms with Crippen molar-refractivity contribution in [3.63, 3.8) is 0 Å². The summed E-state index contributed by atoms with van der Waals surface area (Å²) < 4.78 is 30.3. The Labute approximate surface area is 186 Å². The maximum absolute atomic E-state index is 12.7. The highest BCUT2D eigenvalue weighted by atomic mass is 32.2. The molecular formula is C21H25N3O5S2. The van der Waals surface area contributed by atoms with E-state index in [4.69, 9.17) is 4.74 Å². The minimum absolute atomic E-state index is 0.0102. The third kappa shape index (κ3) is 6.27. The number of amides is 1. The summed E-state index contributed by atoms with van der Waals surface area (Å²) in [6.45, 7) is 2.00. The van der Waals surface area contributed by atoms with E-state index in [0.29, 0.717) is 29.1 Å². The molecular weight excluding hydrogens is 438 g/mol. The molecule has 0 atom stereocenters. The Balaban J connectivity index is 1.55. The first-order chi connectivity index (χ1) is 14.9. The molecule has 0 bridgehead atoms. The van der Waals surface area contributed by atoms with Crippen LogP contribution in [0, 0.1) is 0 Å². The van der Waals surface area contributed by atoms with Gasteiger partial charge in [-0.2, -0.15) is 0 Å². The van der Waals surface area contributed by atoms with E-state index in [2.05, 4.69) is 15.5 Å². The van der Waals surface area contributed by atoms with Crippen LogP contribution in [0.4, 0.5) is 5.69 Å². The van der Waals surface area contributed by atoms with Gasteiger partial charge in [-0.1, -0.05) is 37.1 Å². The molecule has 166 valence electrons. The zero-order chi connectivity index (χ0) is 22.3. The number of sulfone groups is 1. The first kappa shape index (κ1) is 23.2. The van der Waals surface area contributed by atoms with Gasteiger partial charge in [0.05, 0.1) is 23.2 Å². The molecule has 0 spiro atoms. The number of nitrogens with one attached hydrogen (secondary N) is 1. The minimum atomic E-state index is -3.47.